The molecule has 5 nitrogen and oxygen atoms in total. The molecule has 1 heterocycles. The van der Waals surface area contributed by atoms with E-state index in [4.69, 9.17) is 0 Å². The SMILES string of the molecule is CNC(=O)CN(C)c1nc(C)ncc1Br. The number of amides is 1. The largest absolute Gasteiger partial charge is 0.358 e. The monoisotopic (exact) mass is 272 g/mol. The molecular weight excluding hydrogens is 260 g/mol. The number of likely N-dealkylation sites (N-methyl/N-ethyl adjacent to an activating group) is 2. The van der Waals surface area contributed by atoms with E-state index in [1.807, 2.05) is 14.0 Å². The molecule has 1 N–H and O–H groups in total. The lowest BCUT2D eigenvalue weighted by molar-refractivity contribution is -0.119. The Morgan fingerprint density at radius 1 is 1.67 bits per heavy atom. The van der Waals surface area contributed by atoms with Gasteiger partial charge >= 0.3 is 0 Å². The Kier molecular flexibility index (Phi) is 4.02. The molecule has 0 aliphatic heterocycles. The molecule has 0 saturated heterocycles. The second-order valence-corrected chi connectivity index (χ2v) is 3.97. The zero-order valence-corrected chi connectivity index (χ0v) is 10.5. The summed E-state index contributed by atoms with van der Waals surface area (Å²) in [6.45, 7) is 2.08. The second-order valence-electron chi connectivity index (χ2n) is 3.12. The number of carbonyl (C=O) groups is 1. The fourth-order valence-electron chi connectivity index (χ4n) is 1.08. The van der Waals surface area contributed by atoms with Crippen molar-refractivity contribution >= 4 is 27.7 Å². The molecular formula is C9H13BrN4O. The predicted molar refractivity (Wildman–Crippen MR) is 61.8 cm³/mol. The van der Waals surface area contributed by atoms with Crippen molar-refractivity contribution in [2.75, 3.05) is 25.5 Å². The molecule has 0 unspecified atom stereocenters. The standard InChI is InChI=1S/C9H13BrN4O/c1-6-12-4-7(10)9(13-6)14(3)5-8(15)11-2/h4H,5H2,1-3H3,(H,11,15). The number of aryl methyl sites for hydroxylation is 1. The van der Waals surface area contributed by atoms with Crippen molar-refractivity contribution < 1.29 is 4.79 Å². The van der Waals surface area contributed by atoms with Crippen LogP contribution in [0.25, 0.3) is 0 Å². The summed E-state index contributed by atoms with van der Waals surface area (Å²) in [7, 11) is 3.41. The van der Waals surface area contributed by atoms with Crippen LogP contribution in [0.15, 0.2) is 10.7 Å². The van der Waals surface area contributed by atoms with Gasteiger partial charge in [0.05, 0.1) is 11.0 Å². The van der Waals surface area contributed by atoms with E-state index in [1.165, 1.54) is 0 Å². The van der Waals surface area contributed by atoms with E-state index in [0.29, 0.717) is 11.6 Å². The molecule has 1 amide bonds. The number of halogens is 1. The maximum Gasteiger partial charge on any atom is 0.239 e. The number of hydrogen-bond donors (Lipinski definition) is 1. The van der Waals surface area contributed by atoms with E-state index >= 15 is 0 Å². The summed E-state index contributed by atoms with van der Waals surface area (Å²) in [5, 5.41) is 2.56. The zero-order valence-electron chi connectivity index (χ0n) is 8.91. The van der Waals surface area contributed by atoms with E-state index < -0.39 is 0 Å². The highest BCUT2D eigenvalue weighted by Gasteiger charge is 2.11. The van der Waals surface area contributed by atoms with Gasteiger partial charge in [0, 0.05) is 20.3 Å². The lowest BCUT2D eigenvalue weighted by Gasteiger charge is -2.18. The van der Waals surface area contributed by atoms with Crippen molar-refractivity contribution in [1.29, 1.82) is 0 Å². The van der Waals surface area contributed by atoms with Gasteiger partial charge in [0.25, 0.3) is 0 Å². The zero-order chi connectivity index (χ0) is 11.4. The summed E-state index contributed by atoms with van der Waals surface area (Å²) in [4.78, 5) is 21.2. The van der Waals surface area contributed by atoms with Gasteiger partial charge in [0.15, 0.2) is 0 Å². The highest BCUT2D eigenvalue weighted by molar-refractivity contribution is 9.10. The van der Waals surface area contributed by atoms with Gasteiger partial charge in [-0.1, -0.05) is 0 Å². The number of rotatable bonds is 3. The Hall–Kier alpha value is -1.17. The fraction of sp³-hybridized carbons (Fsp3) is 0.444. The molecule has 0 aliphatic carbocycles. The summed E-state index contributed by atoms with van der Waals surface area (Å²) in [6, 6.07) is 0. The minimum Gasteiger partial charge on any atom is -0.358 e. The van der Waals surface area contributed by atoms with Crippen molar-refractivity contribution in [3.8, 4) is 0 Å². The quantitative estimate of drug-likeness (QED) is 0.882. The second kappa shape index (κ2) is 5.06. The van der Waals surface area contributed by atoms with Gasteiger partial charge in [-0.3, -0.25) is 4.79 Å². The summed E-state index contributed by atoms with van der Waals surface area (Å²) in [5.41, 5.74) is 0. The average molecular weight is 273 g/mol. The molecule has 0 atom stereocenters. The minimum absolute atomic E-state index is 0.0549. The molecule has 82 valence electrons. The Labute approximate surface area is 97.0 Å². The lowest BCUT2D eigenvalue weighted by atomic mass is 10.4. The predicted octanol–water partition coefficient (Wildman–Crippen LogP) is 0.730. The average Bonchev–Trinajstić information content (AvgIpc) is 2.21. The van der Waals surface area contributed by atoms with Crippen LogP contribution in [0.4, 0.5) is 5.82 Å². The molecule has 0 radical (unpaired) electrons. The molecule has 0 saturated carbocycles. The van der Waals surface area contributed by atoms with E-state index in [-0.39, 0.29) is 12.5 Å². The van der Waals surface area contributed by atoms with E-state index in [9.17, 15) is 4.79 Å². The van der Waals surface area contributed by atoms with Crippen LogP contribution in [0.1, 0.15) is 5.82 Å². The van der Waals surface area contributed by atoms with Gasteiger partial charge < -0.3 is 10.2 Å². The molecule has 0 aromatic carbocycles. The van der Waals surface area contributed by atoms with Crippen molar-refractivity contribution in [2.24, 2.45) is 0 Å². The Bertz CT molecular complexity index is 369. The number of nitrogens with one attached hydrogen (secondary N) is 1. The van der Waals surface area contributed by atoms with Crippen molar-refractivity contribution in [2.45, 2.75) is 6.92 Å². The van der Waals surface area contributed by atoms with Crippen LogP contribution in [-0.2, 0) is 4.79 Å². The number of hydrogen-bond acceptors (Lipinski definition) is 4. The van der Waals surface area contributed by atoms with Crippen LogP contribution in [-0.4, -0.2) is 36.5 Å². The van der Waals surface area contributed by atoms with Gasteiger partial charge in [-0.15, -0.1) is 0 Å². The summed E-state index contributed by atoms with van der Waals surface area (Å²) < 4.78 is 0.777. The number of aromatic nitrogens is 2. The Morgan fingerprint density at radius 3 is 2.93 bits per heavy atom. The first kappa shape index (κ1) is 11.9. The Morgan fingerprint density at radius 2 is 2.33 bits per heavy atom. The van der Waals surface area contributed by atoms with Gasteiger partial charge in [-0.05, 0) is 22.9 Å². The van der Waals surface area contributed by atoms with Crippen LogP contribution >= 0.6 is 15.9 Å². The smallest absolute Gasteiger partial charge is 0.239 e. The van der Waals surface area contributed by atoms with Gasteiger partial charge in [-0.25, -0.2) is 9.97 Å². The number of anilines is 1. The first-order valence-corrected chi connectivity index (χ1v) is 5.24. The molecule has 1 rings (SSSR count). The van der Waals surface area contributed by atoms with Crippen molar-refractivity contribution in [1.82, 2.24) is 15.3 Å². The highest BCUT2D eigenvalue weighted by Crippen LogP contribution is 2.21. The third kappa shape index (κ3) is 3.16. The Balaban J connectivity index is 2.85. The molecule has 6 heteroatoms. The summed E-state index contributed by atoms with van der Waals surface area (Å²) in [5.74, 6) is 1.34. The first-order valence-electron chi connectivity index (χ1n) is 4.45. The van der Waals surface area contributed by atoms with Crippen LogP contribution in [0, 0.1) is 6.92 Å². The number of nitrogens with zero attached hydrogens (tertiary/aromatic N) is 3. The van der Waals surface area contributed by atoms with Crippen molar-refractivity contribution in [3.05, 3.63) is 16.5 Å². The van der Waals surface area contributed by atoms with Crippen LogP contribution in [0.3, 0.4) is 0 Å². The topological polar surface area (TPSA) is 58.1 Å². The summed E-state index contributed by atoms with van der Waals surface area (Å²) >= 11 is 3.34. The maximum atomic E-state index is 11.2. The molecule has 0 aliphatic rings. The molecule has 15 heavy (non-hydrogen) atoms. The van der Waals surface area contributed by atoms with Crippen LogP contribution in [0.2, 0.25) is 0 Å². The third-order valence-electron chi connectivity index (χ3n) is 1.87. The molecule has 0 bridgehead atoms. The van der Waals surface area contributed by atoms with E-state index in [0.717, 1.165) is 4.47 Å². The van der Waals surface area contributed by atoms with Gasteiger partial charge in [0.1, 0.15) is 11.6 Å². The maximum absolute atomic E-state index is 11.2. The first-order chi connectivity index (χ1) is 7.04. The molecule has 0 spiro atoms. The van der Waals surface area contributed by atoms with E-state index in [1.54, 1.807) is 18.1 Å². The normalized spacial score (nSPS) is 9.87. The third-order valence-corrected chi connectivity index (χ3v) is 2.43. The number of carbonyl (C=O) groups excluding carboxylic acids is 1. The fourth-order valence-corrected chi connectivity index (χ4v) is 1.57. The van der Waals surface area contributed by atoms with Crippen LogP contribution in [0.5, 0.6) is 0 Å². The van der Waals surface area contributed by atoms with Crippen LogP contribution < -0.4 is 10.2 Å². The van der Waals surface area contributed by atoms with Crippen molar-refractivity contribution in [3.63, 3.8) is 0 Å². The summed E-state index contributed by atoms with van der Waals surface area (Å²) in [6.07, 6.45) is 1.68. The van der Waals surface area contributed by atoms with E-state index in [2.05, 4.69) is 31.2 Å². The highest BCUT2D eigenvalue weighted by atomic mass is 79.9. The molecule has 1 aromatic heterocycles. The molecule has 1 aromatic rings. The minimum atomic E-state index is -0.0549. The van der Waals surface area contributed by atoms with Gasteiger partial charge in [0.2, 0.25) is 5.91 Å². The molecule has 0 fully saturated rings. The van der Waals surface area contributed by atoms with Gasteiger partial charge in [-0.2, -0.15) is 0 Å². The lowest BCUT2D eigenvalue weighted by Crippen LogP contribution is -2.33.